The molecule has 3 N–H and O–H groups in total. The third-order valence-corrected chi connectivity index (χ3v) is 4.47. The summed E-state index contributed by atoms with van der Waals surface area (Å²) in [7, 11) is 0. The van der Waals surface area contributed by atoms with Gasteiger partial charge >= 0.3 is 0 Å². The van der Waals surface area contributed by atoms with Crippen LogP contribution in [0.4, 0.5) is 4.39 Å². The van der Waals surface area contributed by atoms with E-state index in [9.17, 15) is 9.18 Å². The number of halogens is 1. The van der Waals surface area contributed by atoms with Crippen molar-refractivity contribution < 1.29 is 9.18 Å². The number of amides is 1. The SMILES string of the molecule is CCC(C)C(N)C(=O)NCC1(c2ccc(F)cc2)CC1. The number of hydrogen-bond acceptors (Lipinski definition) is 2. The summed E-state index contributed by atoms with van der Waals surface area (Å²) >= 11 is 0. The van der Waals surface area contributed by atoms with Crippen LogP contribution in [-0.2, 0) is 10.2 Å². The lowest BCUT2D eigenvalue weighted by Crippen LogP contribution is -2.46. The number of benzene rings is 1. The third-order valence-electron chi connectivity index (χ3n) is 4.47. The Balaban J connectivity index is 1.93. The van der Waals surface area contributed by atoms with E-state index >= 15 is 0 Å². The summed E-state index contributed by atoms with van der Waals surface area (Å²) < 4.78 is 13.0. The summed E-state index contributed by atoms with van der Waals surface area (Å²) in [6.45, 7) is 4.59. The Kier molecular flexibility index (Phi) is 4.43. The van der Waals surface area contributed by atoms with Crippen molar-refractivity contribution in [3.05, 3.63) is 35.6 Å². The minimum atomic E-state index is -0.455. The largest absolute Gasteiger partial charge is 0.354 e. The number of hydrogen-bond donors (Lipinski definition) is 2. The van der Waals surface area contributed by atoms with Gasteiger partial charge in [-0.05, 0) is 36.5 Å². The average molecular weight is 278 g/mol. The van der Waals surface area contributed by atoms with Crippen LogP contribution in [0.25, 0.3) is 0 Å². The zero-order valence-corrected chi connectivity index (χ0v) is 12.2. The number of nitrogens with two attached hydrogens (primary N) is 1. The monoisotopic (exact) mass is 278 g/mol. The molecule has 3 nitrogen and oxygen atoms in total. The van der Waals surface area contributed by atoms with Gasteiger partial charge in [0.05, 0.1) is 6.04 Å². The first-order chi connectivity index (χ1) is 9.48. The predicted octanol–water partition coefficient (Wildman–Crippen LogP) is 2.35. The lowest BCUT2D eigenvalue weighted by atomic mass is 9.95. The summed E-state index contributed by atoms with van der Waals surface area (Å²) in [5.41, 5.74) is 7.00. The molecule has 1 saturated carbocycles. The second-order valence-electron chi connectivity index (χ2n) is 5.92. The average Bonchev–Trinajstić information content (AvgIpc) is 3.25. The Morgan fingerprint density at radius 3 is 2.50 bits per heavy atom. The second kappa shape index (κ2) is 5.92. The Hall–Kier alpha value is -1.42. The normalized spacial score (nSPS) is 19.2. The molecule has 2 rings (SSSR count). The van der Waals surface area contributed by atoms with Crippen LogP contribution < -0.4 is 11.1 Å². The summed E-state index contributed by atoms with van der Waals surface area (Å²) in [5.74, 6) is -0.143. The predicted molar refractivity (Wildman–Crippen MR) is 77.8 cm³/mol. The molecule has 1 amide bonds. The molecule has 4 heteroatoms. The van der Waals surface area contributed by atoms with E-state index < -0.39 is 6.04 Å². The highest BCUT2D eigenvalue weighted by Gasteiger charge is 2.44. The van der Waals surface area contributed by atoms with Crippen LogP contribution in [0.15, 0.2) is 24.3 Å². The first kappa shape index (κ1) is 15.0. The Bertz CT molecular complexity index is 468. The van der Waals surface area contributed by atoms with Crippen LogP contribution in [0.3, 0.4) is 0 Å². The van der Waals surface area contributed by atoms with Gasteiger partial charge in [0.15, 0.2) is 0 Å². The van der Waals surface area contributed by atoms with Crippen molar-refractivity contribution in [3.63, 3.8) is 0 Å². The molecule has 0 spiro atoms. The van der Waals surface area contributed by atoms with Gasteiger partial charge in [-0.25, -0.2) is 4.39 Å². The number of nitrogens with one attached hydrogen (secondary N) is 1. The zero-order valence-electron chi connectivity index (χ0n) is 12.2. The van der Waals surface area contributed by atoms with Gasteiger partial charge in [-0.3, -0.25) is 4.79 Å². The smallest absolute Gasteiger partial charge is 0.237 e. The number of carbonyl (C=O) groups is 1. The topological polar surface area (TPSA) is 55.1 Å². The summed E-state index contributed by atoms with van der Waals surface area (Å²) in [4.78, 5) is 12.0. The fraction of sp³-hybridized carbons (Fsp3) is 0.562. The maximum absolute atomic E-state index is 13.0. The van der Waals surface area contributed by atoms with Crippen LogP contribution in [0.1, 0.15) is 38.7 Å². The van der Waals surface area contributed by atoms with Crippen LogP contribution in [-0.4, -0.2) is 18.5 Å². The van der Waals surface area contributed by atoms with E-state index in [1.165, 1.54) is 12.1 Å². The van der Waals surface area contributed by atoms with Crippen LogP contribution >= 0.6 is 0 Å². The Morgan fingerprint density at radius 2 is 2.00 bits per heavy atom. The fourth-order valence-electron chi connectivity index (χ4n) is 2.41. The summed E-state index contributed by atoms with van der Waals surface area (Å²) in [6, 6.07) is 6.11. The molecule has 20 heavy (non-hydrogen) atoms. The lowest BCUT2D eigenvalue weighted by Gasteiger charge is -2.21. The molecular weight excluding hydrogens is 255 g/mol. The van der Waals surface area contributed by atoms with E-state index in [0.29, 0.717) is 6.54 Å². The van der Waals surface area contributed by atoms with Crippen molar-refractivity contribution in [2.24, 2.45) is 11.7 Å². The van der Waals surface area contributed by atoms with Crippen molar-refractivity contribution in [2.45, 2.75) is 44.6 Å². The minimum Gasteiger partial charge on any atom is -0.354 e. The maximum atomic E-state index is 13.0. The number of carbonyl (C=O) groups excluding carboxylic acids is 1. The van der Waals surface area contributed by atoms with E-state index in [-0.39, 0.29) is 23.1 Å². The van der Waals surface area contributed by atoms with E-state index in [1.54, 1.807) is 0 Å². The van der Waals surface area contributed by atoms with E-state index in [0.717, 1.165) is 24.8 Å². The molecule has 110 valence electrons. The molecule has 2 unspecified atom stereocenters. The molecule has 0 radical (unpaired) electrons. The highest BCUT2D eigenvalue weighted by Crippen LogP contribution is 2.47. The Labute approximate surface area is 119 Å². The van der Waals surface area contributed by atoms with Crippen molar-refractivity contribution in [3.8, 4) is 0 Å². The molecule has 0 saturated heterocycles. The van der Waals surface area contributed by atoms with Crippen molar-refractivity contribution in [2.75, 3.05) is 6.54 Å². The number of rotatable bonds is 6. The molecule has 0 bridgehead atoms. The first-order valence-corrected chi connectivity index (χ1v) is 7.28. The molecule has 2 atom stereocenters. The maximum Gasteiger partial charge on any atom is 0.237 e. The van der Waals surface area contributed by atoms with Gasteiger partial charge in [-0.2, -0.15) is 0 Å². The van der Waals surface area contributed by atoms with Gasteiger partial charge in [0.2, 0.25) is 5.91 Å². The molecule has 0 heterocycles. The van der Waals surface area contributed by atoms with Gasteiger partial charge in [0.25, 0.3) is 0 Å². The third kappa shape index (κ3) is 3.18. The Morgan fingerprint density at radius 1 is 1.40 bits per heavy atom. The standard InChI is InChI=1S/C16H23FN2O/c1-3-11(2)14(18)15(20)19-10-16(8-9-16)12-4-6-13(17)7-5-12/h4-7,11,14H,3,8-10,18H2,1-2H3,(H,19,20). The van der Waals surface area contributed by atoms with Crippen LogP contribution in [0.5, 0.6) is 0 Å². The van der Waals surface area contributed by atoms with Gasteiger partial charge < -0.3 is 11.1 Å². The first-order valence-electron chi connectivity index (χ1n) is 7.28. The molecule has 0 aromatic heterocycles. The van der Waals surface area contributed by atoms with Gasteiger partial charge in [-0.1, -0.05) is 32.4 Å². The van der Waals surface area contributed by atoms with Gasteiger partial charge in [0.1, 0.15) is 5.82 Å². The summed E-state index contributed by atoms with van der Waals surface area (Å²) in [5, 5.41) is 2.96. The highest BCUT2D eigenvalue weighted by molar-refractivity contribution is 5.81. The van der Waals surface area contributed by atoms with Gasteiger partial charge in [-0.15, -0.1) is 0 Å². The summed E-state index contributed by atoms with van der Waals surface area (Å²) in [6.07, 6.45) is 2.94. The minimum absolute atomic E-state index is 0.0153. The van der Waals surface area contributed by atoms with Crippen LogP contribution in [0.2, 0.25) is 0 Å². The van der Waals surface area contributed by atoms with Crippen LogP contribution in [0, 0.1) is 11.7 Å². The van der Waals surface area contributed by atoms with E-state index in [2.05, 4.69) is 5.32 Å². The van der Waals surface area contributed by atoms with E-state index in [1.807, 2.05) is 26.0 Å². The van der Waals surface area contributed by atoms with Crippen molar-refractivity contribution in [1.29, 1.82) is 0 Å². The molecule has 0 aliphatic heterocycles. The molecule has 1 fully saturated rings. The lowest BCUT2D eigenvalue weighted by molar-refractivity contribution is -0.123. The highest BCUT2D eigenvalue weighted by atomic mass is 19.1. The van der Waals surface area contributed by atoms with Crippen molar-refractivity contribution >= 4 is 5.91 Å². The molecule has 1 aromatic rings. The fourth-order valence-corrected chi connectivity index (χ4v) is 2.41. The quantitative estimate of drug-likeness (QED) is 0.839. The zero-order chi connectivity index (χ0) is 14.8. The van der Waals surface area contributed by atoms with Crippen molar-refractivity contribution in [1.82, 2.24) is 5.32 Å². The molecule has 1 aromatic carbocycles. The second-order valence-corrected chi connectivity index (χ2v) is 5.92. The van der Waals surface area contributed by atoms with E-state index in [4.69, 9.17) is 5.73 Å². The van der Waals surface area contributed by atoms with Gasteiger partial charge in [0, 0.05) is 12.0 Å². The molecule has 1 aliphatic carbocycles. The molecule has 1 aliphatic rings. The molecular formula is C16H23FN2O.